The third-order valence-corrected chi connectivity index (χ3v) is 7.54. The van der Waals surface area contributed by atoms with Crippen LogP contribution in [0.1, 0.15) is 18.4 Å². The Balaban J connectivity index is 1.59. The number of nitrogens with zero attached hydrogens (tertiary/aromatic N) is 6. The molecule has 1 aliphatic rings. The predicted molar refractivity (Wildman–Crippen MR) is 146 cm³/mol. The number of benzene rings is 2. The molecule has 188 valence electrons. The van der Waals surface area contributed by atoms with Gasteiger partial charge in [0.15, 0.2) is 5.65 Å². The molecule has 0 bridgehead atoms. The number of hydrogen-bond donors (Lipinski definition) is 0. The molecule has 3 aromatic heterocycles. The smallest absolute Gasteiger partial charge is 0.306 e. The first-order chi connectivity index (χ1) is 18.0. The molecule has 1 atom stereocenters. The first-order valence-corrected chi connectivity index (χ1v) is 12.8. The molecule has 5 aromatic rings. The summed E-state index contributed by atoms with van der Waals surface area (Å²) in [6.07, 6.45) is 5.58. The average Bonchev–Trinajstić information content (AvgIpc) is 3.29. The Bertz CT molecular complexity index is 1710. The second-order valence-electron chi connectivity index (χ2n) is 10.1. The highest BCUT2D eigenvalue weighted by Gasteiger charge is 2.25. The first kappa shape index (κ1) is 23.4. The summed E-state index contributed by atoms with van der Waals surface area (Å²) in [6, 6.07) is 18.3. The second kappa shape index (κ2) is 9.44. The van der Waals surface area contributed by atoms with Gasteiger partial charge in [-0.05, 0) is 60.8 Å². The number of piperidine rings is 1. The monoisotopic (exact) mass is 494 g/mol. The van der Waals surface area contributed by atoms with Crippen molar-refractivity contribution in [2.45, 2.75) is 25.9 Å². The molecule has 1 fully saturated rings. The molecular weight excluding hydrogens is 464 g/mol. The van der Waals surface area contributed by atoms with Crippen LogP contribution in [0.25, 0.3) is 33.1 Å². The van der Waals surface area contributed by atoms with E-state index >= 15 is 0 Å². The number of pyridine rings is 1. The van der Waals surface area contributed by atoms with Crippen molar-refractivity contribution < 1.29 is 0 Å². The average molecular weight is 495 g/mol. The Morgan fingerprint density at radius 2 is 1.76 bits per heavy atom. The lowest BCUT2D eigenvalue weighted by molar-refractivity contribution is 0.193. The topological polar surface area (TPSA) is 78.0 Å². The minimum Gasteiger partial charge on any atom is -0.306 e. The quantitative estimate of drug-likeness (QED) is 0.374. The van der Waals surface area contributed by atoms with E-state index in [1.807, 2.05) is 35.0 Å². The second-order valence-corrected chi connectivity index (χ2v) is 10.1. The highest BCUT2D eigenvalue weighted by atomic mass is 16.2. The van der Waals surface area contributed by atoms with Crippen molar-refractivity contribution in [1.82, 2.24) is 28.8 Å². The Morgan fingerprint density at radius 1 is 0.973 bits per heavy atom. The minimum absolute atomic E-state index is 0.318. The SMILES string of the molecule is CN1CCCC(Cn2c(=O)n(C)c(=O)c3c(-c4ccncc4)n(Cc4cccc5ccccc45)nc32)C1. The summed E-state index contributed by atoms with van der Waals surface area (Å²) in [4.78, 5) is 33.5. The summed E-state index contributed by atoms with van der Waals surface area (Å²) in [5.74, 6) is 0.324. The highest BCUT2D eigenvalue weighted by Crippen LogP contribution is 2.29. The van der Waals surface area contributed by atoms with Gasteiger partial charge in [-0.15, -0.1) is 0 Å². The van der Waals surface area contributed by atoms with Gasteiger partial charge in [0.25, 0.3) is 5.56 Å². The molecule has 0 aliphatic carbocycles. The van der Waals surface area contributed by atoms with E-state index in [9.17, 15) is 9.59 Å². The van der Waals surface area contributed by atoms with E-state index in [0.717, 1.165) is 47.8 Å². The van der Waals surface area contributed by atoms with Gasteiger partial charge in [0, 0.05) is 38.1 Å². The van der Waals surface area contributed by atoms with Gasteiger partial charge in [0.2, 0.25) is 0 Å². The molecule has 1 unspecified atom stereocenters. The summed E-state index contributed by atoms with van der Waals surface area (Å²) in [6.45, 7) is 3.00. The van der Waals surface area contributed by atoms with E-state index < -0.39 is 0 Å². The third kappa shape index (κ3) is 4.17. The van der Waals surface area contributed by atoms with Crippen LogP contribution in [0.3, 0.4) is 0 Å². The highest BCUT2D eigenvalue weighted by molar-refractivity contribution is 5.91. The Hall–Kier alpha value is -4.04. The molecule has 37 heavy (non-hydrogen) atoms. The molecule has 6 rings (SSSR count). The molecule has 0 saturated carbocycles. The van der Waals surface area contributed by atoms with E-state index in [-0.39, 0.29) is 11.2 Å². The van der Waals surface area contributed by atoms with Crippen molar-refractivity contribution in [3.63, 3.8) is 0 Å². The van der Waals surface area contributed by atoms with E-state index in [1.54, 1.807) is 24.0 Å². The van der Waals surface area contributed by atoms with Crippen LogP contribution in [-0.2, 0) is 20.1 Å². The van der Waals surface area contributed by atoms with Crippen LogP contribution in [0.2, 0.25) is 0 Å². The lowest BCUT2D eigenvalue weighted by Gasteiger charge is -2.30. The van der Waals surface area contributed by atoms with Crippen LogP contribution >= 0.6 is 0 Å². The fraction of sp³-hybridized carbons (Fsp3) is 0.310. The summed E-state index contributed by atoms with van der Waals surface area (Å²) >= 11 is 0. The molecule has 0 amide bonds. The number of rotatable bonds is 5. The lowest BCUT2D eigenvalue weighted by atomic mass is 9.98. The molecule has 1 saturated heterocycles. The number of hydrogen-bond acceptors (Lipinski definition) is 5. The molecule has 4 heterocycles. The van der Waals surface area contributed by atoms with Gasteiger partial charge in [-0.3, -0.25) is 23.6 Å². The van der Waals surface area contributed by atoms with Gasteiger partial charge < -0.3 is 4.90 Å². The zero-order valence-corrected chi connectivity index (χ0v) is 21.2. The van der Waals surface area contributed by atoms with Crippen LogP contribution in [0.4, 0.5) is 0 Å². The largest absolute Gasteiger partial charge is 0.332 e. The zero-order chi connectivity index (χ0) is 25.5. The fourth-order valence-corrected chi connectivity index (χ4v) is 5.72. The number of likely N-dealkylation sites (tertiary alicyclic amines) is 1. The van der Waals surface area contributed by atoms with Crippen LogP contribution in [-0.4, -0.2) is 48.9 Å². The number of fused-ring (bicyclic) bond motifs is 2. The van der Waals surface area contributed by atoms with Crippen LogP contribution < -0.4 is 11.2 Å². The normalized spacial score (nSPS) is 16.5. The standard InChI is InChI=1S/C29H30N6O2/c1-32-16-6-7-20(17-32)18-34-27-25(28(36)33(2)29(34)37)26(22-12-14-30-15-13-22)35(31-27)19-23-10-5-9-21-8-3-4-11-24(21)23/h3-5,8-15,20H,6-7,16-19H2,1-2H3. The summed E-state index contributed by atoms with van der Waals surface area (Å²) < 4.78 is 4.82. The summed E-state index contributed by atoms with van der Waals surface area (Å²) in [5, 5.41) is 7.73. The molecule has 8 heteroatoms. The van der Waals surface area contributed by atoms with Gasteiger partial charge in [0.1, 0.15) is 5.39 Å². The van der Waals surface area contributed by atoms with Crippen LogP contribution in [0.15, 0.2) is 76.6 Å². The Labute approximate surface area is 214 Å². The summed E-state index contributed by atoms with van der Waals surface area (Å²) in [5.41, 5.74) is 2.46. The fourth-order valence-electron chi connectivity index (χ4n) is 5.72. The van der Waals surface area contributed by atoms with E-state index in [4.69, 9.17) is 5.10 Å². The first-order valence-electron chi connectivity index (χ1n) is 12.8. The molecule has 1 aliphatic heterocycles. The lowest BCUT2D eigenvalue weighted by Crippen LogP contribution is -2.41. The maximum Gasteiger partial charge on any atom is 0.332 e. The maximum absolute atomic E-state index is 13.6. The van der Waals surface area contributed by atoms with Gasteiger partial charge in [-0.2, -0.15) is 5.10 Å². The van der Waals surface area contributed by atoms with Gasteiger partial charge in [-0.25, -0.2) is 4.79 Å². The van der Waals surface area contributed by atoms with Crippen molar-refractivity contribution in [3.05, 3.63) is 93.4 Å². The maximum atomic E-state index is 13.6. The van der Waals surface area contributed by atoms with E-state index in [1.165, 1.54) is 4.57 Å². The number of aromatic nitrogens is 5. The summed E-state index contributed by atoms with van der Waals surface area (Å²) in [7, 11) is 3.68. The van der Waals surface area contributed by atoms with Gasteiger partial charge in [0.05, 0.1) is 12.2 Å². The van der Waals surface area contributed by atoms with Crippen molar-refractivity contribution in [2.24, 2.45) is 13.0 Å². The molecule has 0 spiro atoms. The molecule has 0 radical (unpaired) electrons. The molecule has 8 nitrogen and oxygen atoms in total. The van der Waals surface area contributed by atoms with Crippen LogP contribution in [0, 0.1) is 5.92 Å². The third-order valence-electron chi connectivity index (χ3n) is 7.54. The van der Waals surface area contributed by atoms with Crippen molar-refractivity contribution in [3.8, 4) is 11.3 Å². The zero-order valence-electron chi connectivity index (χ0n) is 21.2. The van der Waals surface area contributed by atoms with Gasteiger partial charge >= 0.3 is 5.69 Å². The minimum atomic E-state index is -0.326. The van der Waals surface area contributed by atoms with Crippen molar-refractivity contribution in [1.29, 1.82) is 0 Å². The van der Waals surface area contributed by atoms with E-state index in [2.05, 4.69) is 41.2 Å². The molecule has 2 aromatic carbocycles. The Morgan fingerprint density at radius 3 is 2.57 bits per heavy atom. The predicted octanol–water partition coefficient (Wildman–Crippen LogP) is 3.50. The van der Waals surface area contributed by atoms with Crippen molar-refractivity contribution >= 4 is 21.8 Å². The van der Waals surface area contributed by atoms with Crippen molar-refractivity contribution in [2.75, 3.05) is 20.1 Å². The van der Waals surface area contributed by atoms with Crippen LogP contribution in [0.5, 0.6) is 0 Å². The van der Waals surface area contributed by atoms with E-state index in [0.29, 0.717) is 35.7 Å². The van der Waals surface area contributed by atoms with Gasteiger partial charge in [-0.1, -0.05) is 42.5 Å². The molecular formula is C29H30N6O2. The Kier molecular flexibility index (Phi) is 5.96. The molecule has 0 N–H and O–H groups in total.